The fourth-order valence-electron chi connectivity index (χ4n) is 3.73. The molecule has 0 aliphatic carbocycles. The molecule has 2 atom stereocenters. The van der Waals surface area contributed by atoms with Crippen LogP contribution in [0.5, 0.6) is 0 Å². The zero-order valence-electron chi connectivity index (χ0n) is 18.2. The maximum absolute atomic E-state index is 12.8. The molecule has 1 amide bonds. The number of aromatic nitrogens is 1. The van der Waals surface area contributed by atoms with E-state index in [0.29, 0.717) is 13.1 Å². The molecule has 0 spiro atoms. The van der Waals surface area contributed by atoms with Gasteiger partial charge in [0, 0.05) is 30.0 Å². The minimum atomic E-state index is -0.643. The van der Waals surface area contributed by atoms with Crippen LogP contribution in [-0.4, -0.2) is 65.2 Å². The Morgan fingerprint density at radius 3 is 2.45 bits per heavy atom. The molecule has 1 aromatic heterocycles. The number of hydrogen-bond donors (Lipinski definition) is 0. The van der Waals surface area contributed by atoms with Gasteiger partial charge in [-0.2, -0.15) is 0 Å². The first kappa shape index (κ1) is 23.2. The molecule has 31 heavy (non-hydrogen) atoms. The third kappa shape index (κ3) is 5.83. The molecule has 0 N–H and O–H groups in total. The van der Waals surface area contributed by atoms with Gasteiger partial charge in [-0.1, -0.05) is 30.3 Å². The Morgan fingerprint density at radius 1 is 1.13 bits per heavy atom. The van der Waals surface area contributed by atoms with Crippen molar-refractivity contribution < 1.29 is 19.1 Å². The first-order valence-electron chi connectivity index (χ1n) is 10.2. The molecular weight excluding hydrogens is 462 g/mol. The smallest absolute Gasteiger partial charge is 0.410 e. The predicted octanol–water partition coefficient (Wildman–Crippen LogP) is 4.03. The summed E-state index contributed by atoms with van der Waals surface area (Å²) in [7, 11) is 1.37. The Hall–Kier alpha value is -2.45. The van der Waals surface area contributed by atoms with Crippen molar-refractivity contribution >= 4 is 28.0 Å². The van der Waals surface area contributed by atoms with Crippen LogP contribution in [0.15, 0.2) is 53.3 Å². The predicted molar refractivity (Wildman–Crippen MR) is 121 cm³/mol. The fourth-order valence-corrected chi connectivity index (χ4v) is 4.12. The number of halogens is 1. The number of benzene rings is 1. The molecule has 1 aliphatic heterocycles. The molecule has 0 bridgehead atoms. The molecule has 0 radical (unpaired) electrons. The number of nitrogens with zero attached hydrogens (tertiary/aromatic N) is 3. The molecule has 1 fully saturated rings. The van der Waals surface area contributed by atoms with Gasteiger partial charge in [-0.3, -0.25) is 14.7 Å². The van der Waals surface area contributed by atoms with E-state index in [2.05, 4.69) is 25.8 Å². The van der Waals surface area contributed by atoms with E-state index in [4.69, 9.17) is 9.47 Å². The van der Waals surface area contributed by atoms with E-state index in [1.807, 2.05) is 57.2 Å². The molecule has 1 aliphatic rings. The first-order chi connectivity index (χ1) is 14.7. The molecule has 166 valence electrons. The van der Waals surface area contributed by atoms with E-state index in [1.54, 1.807) is 17.3 Å². The van der Waals surface area contributed by atoms with Crippen LogP contribution in [0.4, 0.5) is 4.79 Å². The highest BCUT2D eigenvalue weighted by molar-refractivity contribution is 9.10. The van der Waals surface area contributed by atoms with Gasteiger partial charge in [-0.15, -0.1) is 0 Å². The summed E-state index contributed by atoms with van der Waals surface area (Å²) in [6.07, 6.45) is 3.10. The van der Waals surface area contributed by atoms with Crippen LogP contribution in [-0.2, 0) is 14.3 Å². The summed E-state index contributed by atoms with van der Waals surface area (Å²) in [4.78, 5) is 33.4. The van der Waals surface area contributed by atoms with Crippen LogP contribution in [0.25, 0.3) is 0 Å². The van der Waals surface area contributed by atoms with Crippen LogP contribution in [0.1, 0.15) is 37.9 Å². The molecule has 2 heterocycles. The number of amides is 1. The Balaban J connectivity index is 1.96. The summed E-state index contributed by atoms with van der Waals surface area (Å²) in [5, 5.41) is 0. The third-order valence-corrected chi connectivity index (χ3v) is 5.47. The number of esters is 1. The molecule has 3 rings (SSSR count). The van der Waals surface area contributed by atoms with Crippen molar-refractivity contribution in [2.45, 2.75) is 38.5 Å². The van der Waals surface area contributed by atoms with Gasteiger partial charge in [0.25, 0.3) is 0 Å². The summed E-state index contributed by atoms with van der Waals surface area (Å²) in [5.41, 5.74) is 1.37. The fraction of sp³-hybridized carbons (Fsp3) is 0.435. The molecule has 1 saturated heterocycles. The average molecular weight is 490 g/mol. The van der Waals surface area contributed by atoms with Crippen molar-refractivity contribution in [1.29, 1.82) is 0 Å². The van der Waals surface area contributed by atoms with Gasteiger partial charge in [0.15, 0.2) is 0 Å². The normalized spacial score (nSPS) is 18.4. The molecule has 2 aromatic rings. The number of carbonyl (C=O) groups is 2. The number of piperazine rings is 1. The Labute approximate surface area is 191 Å². The van der Waals surface area contributed by atoms with Gasteiger partial charge in [-0.05, 0) is 53.9 Å². The van der Waals surface area contributed by atoms with Crippen LogP contribution in [0.3, 0.4) is 0 Å². The van der Waals surface area contributed by atoms with Crippen LogP contribution in [0.2, 0.25) is 0 Å². The summed E-state index contributed by atoms with van der Waals surface area (Å²) in [5.74, 6) is -0.392. The van der Waals surface area contributed by atoms with E-state index in [1.165, 1.54) is 7.11 Å². The lowest BCUT2D eigenvalue weighted by Gasteiger charge is -2.44. The lowest BCUT2D eigenvalue weighted by atomic mass is 9.95. The standard InChI is InChI=1S/C23H28BrN3O4/c1-23(2,3)31-22(29)26-10-11-27(19(15-26)21(28)30-4)20(16-8-6-5-7-9-16)17-12-18(24)14-25-13-17/h5-9,12-14,19-20H,10-11,15H2,1-4H3/t19-,20?/m0/s1. The zero-order chi connectivity index (χ0) is 22.6. The van der Waals surface area contributed by atoms with Gasteiger partial charge in [-0.25, -0.2) is 4.79 Å². The maximum Gasteiger partial charge on any atom is 0.410 e. The molecule has 1 aromatic carbocycles. The zero-order valence-corrected chi connectivity index (χ0v) is 19.8. The number of rotatable bonds is 4. The minimum Gasteiger partial charge on any atom is -0.468 e. The van der Waals surface area contributed by atoms with Gasteiger partial charge >= 0.3 is 12.1 Å². The lowest BCUT2D eigenvalue weighted by Crippen LogP contribution is -2.59. The SMILES string of the molecule is COC(=O)[C@@H]1CN(C(=O)OC(C)(C)C)CCN1C(c1ccccc1)c1cncc(Br)c1. The second kappa shape index (κ2) is 9.78. The first-order valence-corrected chi connectivity index (χ1v) is 11.0. The van der Waals surface area contributed by atoms with E-state index in [-0.39, 0.29) is 12.6 Å². The molecule has 7 nitrogen and oxygen atoms in total. The Kier molecular flexibility index (Phi) is 7.33. The monoisotopic (exact) mass is 489 g/mol. The topological polar surface area (TPSA) is 72.0 Å². The summed E-state index contributed by atoms with van der Waals surface area (Å²) in [6, 6.07) is 11.1. The van der Waals surface area contributed by atoms with E-state index in [9.17, 15) is 9.59 Å². The van der Waals surface area contributed by atoms with Gasteiger partial charge < -0.3 is 14.4 Å². The highest BCUT2D eigenvalue weighted by Crippen LogP contribution is 2.33. The van der Waals surface area contributed by atoms with Gasteiger partial charge in [0.1, 0.15) is 11.6 Å². The molecular formula is C23H28BrN3O4. The van der Waals surface area contributed by atoms with E-state index >= 15 is 0 Å². The second-order valence-electron chi connectivity index (χ2n) is 8.45. The number of hydrogen-bond acceptors (Lipinski definition) is 6. The maximum atomic E-state index is 12.8. The number of methoxy groups -OCH3 is 1. The van der Waals surface area contributed by atoms with E-state index in [0.717, 1.165) is 15.6 Å². The molecule has 8 heteroatoms. The van der Waals surface area contributed by atoms with Crippen LogP contribution >= 0.6 is 15.9 Å². The molecule has 1 unspecified atom stereocenters. The quantitative estimate of drug-likeness (QED) is 0.603. The van der Waals surface area contributed by atoms with Crippen molar-refractivity contribution in [3.05, 3.63) is 64.4 Å². The second-order valence-corrected chi connectivity index (χ2v) is 9.37. The Bertz CT molecular complexity index is 917. The van der Waals surface area contributed by atoms with Crippen molar-refractivity contribution in [1.82, 2.24) is 14.8 Å². The summed E-state index contributed by atoms with van der Waals surface area (Å²) < 4.78 is 11.5. The van der Waals surface area contributed by atoms with Crippen molar-refractivity contribution in [2.24, 2.45) is 0 Å². The lowest BCUT2D eigenvalue weighted by molar-refractivity contribution is -0.150. The van der Waals surface area contributed by atoms with Crippen molar-refractivity contribution in [2.75, 3.05) is 26.7 Å². The minimum absolute atomic E-state index is 0.187. The van der Waals surface area contributed by atoms with Crippen molar-refractivity contribution in [3.8, 4) is 0 Å². The number of pyridine rings is 1. The van der Waals surface area contributed by atoms with E-state index < -0.39 is 23.7 Å². The summed E-state index contributed by atoms with van der Waals surface area (Å²) in [6.45, 7) is 6.57. The Morgan fingerprint density at radius 2 is 1.84 bits per heavy atom. The number of carbonyl (C=O) groups excluding carboxylic acids is 2. The van der Waals surface area contributed by atoms with Gasteiger partial charge in [0.05, 0.1) is 19.7 Å². The van der Waals surface area contributed by atoms with Gasteiger partial charge in [0.2, 0.25) is 0 Å². The summed E-state index contributed by atoms with van der Waals surface area (Å²) >= 11 is 3.50. The highest BCUT2D eigenvalue weighted by atomic mass is 79.9. The number of ether oxygens (including phenoxy) is 2. The van der Waals surface area contributed by atoms with Crippen molar-refractivity contribution in [3.63, 3.8) is 0 Å². The largest absolute Gasteiger partial charge is 0.468 e. The highest BCUT2D eigenvalue weighted by Gasteiger charge is 2.40. The van der Waals surface area contributed by atoms with Crippen LogP contribution < -0.4 is 0 Å². The third-order valence-electron chi connectivity index (χ3n) is 5.04. The molecule has 0 saturated carbocycles. The van der Waals surface area contributed by atoms with Crippen LogP contribution in [0, 0.1) is 0 Å². The average Bonchev–Trinajstić information content (AvgIpc) is 2.73.